The van der Waals surface area contributed by atoms with Gasteiger partial charge in [-0.1, -0.05) is 42.5 Å². The summed E-state index contributed by atoms with van der Waals surface area (Å²) >= 11 is 0. The van der Waals surface area contributed by atoms with E-state index in [4.69, 9.17) is 19.6 Å². The van der Waals surface area contributed by atoms with Gasteiger partial charge in [-0.05, 0) is 42.0 Å². The van der Waals surface area contributed by atoms with E-state index in [1.807, 2.05) is 24.3 Å². The highest BCUT2D eigenvalue weighted by Gasteiger charge is 2.56. The lowest BCUT2D eigenvalue weighted by atomic mass is 9.84. The second-order valence-corrected chi connectivity index (χ2v) is 11.6. The molecular weight excluding hydrogens is 504 g/mol. The van der Waals surface area contributed by atoms with Crippen LogP contribution in [0, 0.1) is 0 Å². The number of aliphatic hydroxyl groups excluding tert-OH is 1. The number of aliphatic hydroxyl groups is 1. The molecule has 0 fully saturated rings. The van der Waals surface area contributed by atoms with Gasteiger partial charge in [0.1, 0.15) is 5.75 Å². The Hall–Kier alpha value is -3.69. The molecule has 0 saturated carbocycles. The van der Waals surface area contributed by atoms with Crippen molar-refractivity contribution in [2.24, 2.45) is 4.99 Å². The molecule has 8 nitrogen and oxygen atoms in total. The molecule has 5 rings (SSSR count). The highest BCUT2D eigenvalue weighted by atomic mass is 32.2. The van der Waals surface area contributed by atoms with Gasteiger partial charge >= 0.3 is 0 Å². The summed E-state index contributed by atoms with van der Waals surface area (Å²) in [5.74, 6) is 0.390. The van der Waals surface area contributed by atoms with E-state index < -0.39 is 21.5 Å². The van der Waals surface area contributed by atoms with Gasteiger partial charge in [-0.2, -0.15) is 0 Å². The van der Waals surface area contributed by atoms with Gasteiger partial charge in [0.2, 0.25) is 5.90 Å². The summed E-state index contributed by atoms with van der Waals surface area (Å²) in [4.78, 5) is 20.6. The minimum atomic E-state index is -3.66. The number of nitrogens with zero attached hydrogens (tertiary/aromatic N) is 2. The Bertz CT molecular complexity index is 1440. The molecule has 0 aliphatic carbocycles. The molecule has 2 atom stereocenters. The van der Waals surface area contributed by atoms with E-state index in [0.29, 0.717) is 30.9 Å². The molecule has 2 heterocycles. The molecule has 2 aliphatic heterocycles. The molecule has 1 amide bonds. The number of carbonyl (C=O) groups is 1. The topological polar surface area (TPSA) is 106 Å². The summed E-state index contributed by atoms with van der Waals surface area (Å²) in [5.41, 5.74) is 0.982. The number of ether oxygens (including phenoxy) is 2. The third-order valence-electron chi connectivity index (χ3n) is 6.95. The van der Waals surface area contributed by atoms with E-state index in [0.717, 1.165) is 11.1 Å². The fourth-order valence-corrected chi connectivity index (χ4v) is 6.35. The minimum absolute atomic E-state index is 0.0295. The second kappa shape index (κ2) is 10.6. The standard InChI is InChI=1S/C29H30N2O6S/c1-31-20-22-8-5-6-11-25(22)26-29(28(31)33,16-19-38(34,35)24-9-3-2-4-10-24)30-27(37-26)21-12-14-23(15-13-21)36-18-7-17-32/h2-6,8-15,26,32H,7,16-20H2,1H3/t26-,29-/m0/s1. The Labute approximate surface area is 222 Å². The first kappa shape index (κ1) is 25.9. The normalized spacial score (nSPS) is 20.7. The van der Waals surface area contributed by atoms with Gasteiger partial charge in [0.25, 0.3) is 5.91 Å². The maximum atomic E-state index is 14.0. The number of benzene rings is 3. The van der Waals surface area contributed by atoms with Crippen LogP contribution in [0.4, 0.5) is 0 Å². The van der Waals surface area contributed by atoms with Crippen LogP contribution < -0.4 is 4.74 Å². The molecule has 9 heteroatoms. The Kier molecular flexibility index (Phi) is 7.23. The monoisotopic (exact) mass is 534 g/mol. The van der Waals surface area contributed by atoms with Crippen molar-refractivity contribution in [2.75, 3.05) is 26.0 Å². The fourth-order valence-electron chi connectivity index (χ4n) is 4.96. The average molecular weight is 535 g/mol. The van der Waals surface area contributed by atoms with Gasteiger partial charge in [-0.3, -0.25) is 4.79 Å². The molecule has 3 aromatic rings. The molecule has 0 unspecified atom stereocenters. The lowest BCUT2D eigenvalue weighted by Crippen LogP contribution is -2.48. The zero-order chi connectivity index (χ0) is 26.8. The number of sulfone groups is 1. The lowest BCUT2D eigenvalue weighted by Gasteiger charge is -2.30. The van der Waals surface area contributed by atoms with Gasteiger partial charge in [0.05, 0.1) is 17.3 Å². The van der Waals surface area contributed by atoms with Crippen molar-refractivity contribution in [3.05, 3.63) is 95.6 Å². The Balaban J connectivity index is 1.53. The minimum Gasteiger partial charge on any atom is -0.494 e. The highest BCUT2D eigenvalue weighted by Crippen LogP contribution is 2.46. The fraction of sp³-hybridized carbons (Fsp3) is 0.310. The average Bonchev–Trinajstić information content (AvgIpc) is 3.30. The number of amides is 1. The van der Waals surface area contributed by atoms with Crippen molar-refractivity contribution in [1.29, 1.82) is 0 Å². The molecular formula is C29H30N2O6S. The smallest absolute Gasteiger partial charge is 0.254 e. The van der Waals surface area contributed by atoms with E-state index in [9.17, 15) is 13.2 Å². The van der Waals surface area contributed by atoms with Crippen molar-refractivity contribution in [3.63, 3.8) is 0 Å². The lowest BCUT2D eigenvalue weighted by molar-refractivity contribution is -0.138. The summed E-state index contributed by atoms with van der Waals surface area (Å²) in [6.07, 6.45) is -0.265. The van der Waals surface area contributed by atoms with Gasteiger partial charge in [-0.25, -0.2) is 13.4 Å². The Morgan fingerprint density at radius 2 is 1.76 bits per heavy atom. The molecule has 1 N–H and O–H groups in total. The summed E-state index contributed by atoms with van der Waals surface area (Å²) in [6, 6.07) is 23.1. The van der Waals surface area contributed by atoms with Gasteiger partial charge in [0, 0.05) is 44.2 Å². The van der Waals surface area contributed by atoms with Crippen LogP contribution in [0.5, 0.6) is 5.75 Å². The van der Waals surface area contributed by atoms with Gasteiger partial charge < -0.3 is 19.5 Å². The zero-order valence-corrected chi connectivity index (χ0v) is 21.9. The van der Waals surface area contributed by atoms with Crippen LogP contribution in [-0.4, -0.2) is 61.8 Å². The predicted octanol–water partition coefficient (Wildman–Crippen LogP) is 3.54. The first-order valence-electron chi connectivity index (χ1n) is 12.6. The van der Waals surface area contributed by atoms with Crippen molar-refractivity contribution < 1.29 is 27.8 Å². The highest BCUT2D eigenvalue weighted by molar-refractivity contribution is 7.91. The van der Waals surface area contributed by atoms with E-state index in [-0.39, 0.29) is 35.5 Å². The van der Waals surface area contributed by atoms with E-state index >= 15 is 0 Å². The third-order valence-corrected chi connectivity index (χ3v) is 8.69. The van der Waals surface area contributed by atoms with Crippen LogP contribution in [0.3, 0.4) is 0 Å². The molecule has 0 bridgehead atoms. The summed E-state index contributed by atoms with van der Waals surface area (Å²) in [5, 5.41) is 8.97. The molecule has 3 aromatic carbocycles. The quantitative estimate of drug-likeness (QED) is 0.421. The first-order chi connectivity index (χ1) is 18.3. The van der Waals surface area contributed by atoms with Crippen LogP contribution in [-0.2, 0) is 25.9 Å². The predicted molar refractivity (Wildman–Crippen MR) is 143 cm³/mol. The maximum Gasteiger partial charge on any atom is 0.254 e. The molecule has 0 aromatic heterocycles. The van der Waals surface area contributed by atoms with Crippen molar-refractivity contribution in [1.82, 2.24) is 4.90 Å². The number of hydrogen-bond donors (Lipinski definition) is 1. The van der Waals surface area contributed by atoms with Crippen molar-refractivity contribution in [2.45, 2.75) is 35.9 Å². The maximum absolute atomic E-state index is 14.0. The van der Waals surface area contributed by atoms with Crippen LogP contribution in [0.25, 0.3) is 0 Å². The van der Waals surface area contributed by atoms with Crippen LogP contribution >= 0.6 is 0 Å². The largest absolute Gasteiger partial charge is 0.494 e. The number of likely N-dealkylation sites (N-methyl/N-ethyl adjacent to an activating group) is 1. The number of aliphatic imine (C=N–C) groups is 1. The molecule has 38 heavy (non-hydrogen) atoms. The zero-order valence-electron chi connectivity index (χ0n) is 21.1. The molecule has 198 valence electrons. The van der Waals surface area contributed by atoms with E-state index in [1.165, 1.54) is 0 Å². The van der Waals surface area contributed by atoms with Crippen molar-refractivity contribution in [3.8, 4) is 5.75 Å². The molecule has 0 saturated heterocycles. The van der Waals surface area contributed by atoms with Gasteiger partial charge in [0.15, 0.2) is 21.5 Å². The summed E-state index contributed by atoms with van der Waals surface area (Å²) < 4.78 is 38.5. The molecule has 0 radical (unpaired) electrons. The number of carbonyl (C=O) groups excluding carboxylic acids is 1. The Morgan fingerprint density at radius 3 is 2.50 bits per heavy atom. The summed E-state index contributed by atoms with van der Waals surface area (Å²) in [7, 11) is -1.95. The van der Waals surface area contributed by atoms with E-state index in [1.54, 1.807) is 66.5 Å². The number of fused-ring (bicyclic) bond motifs is 3. The molecule has 0 spiro atoms. The number of hydrogen-bond acceptors (Lipinski definition) is 7. The third kappa shape index (κ3) is 4.91. The SMILES string of the molecule is CN1Cc2ccccc2[C@@H]2OC(c3ccc(OCCCO)cc3)=N[C@]2(CCS(=O)(=O)c2ccccc2)C1=O. The van der Waals surface area contributed by atoms with Crippen LogP contribution in [0.2, 0.25) is 0 Å². The Morgan fingerprint density at radius 1 is 1.05 bits per heavy atom. The van der Waals surface area contributed by atoms with Gasteiger partial charge in [-0.15, -0.1) is 0 Å². The number of rotatable bonds is 9. The first-order valence-corrected chi connectivity index (χ1v) is 14.2. The van der Waals surface area contributed by atoms with Crippen LogP contribution in [0.15, 0.2) is 88.8 Å². The van der Waals surface area contributed by atoms with Crippen LogP contribution in [0.1, 0.15) is 35.6 Å². The second-order valence-electron chi connectivity index (χ2n) is 9.53. The van der Waals surface area contributed by atoms with Crippen molar-refractivity contribution >= 4 is 21.6 Å². The van der Waals surface area contributed by atoms with E-state index in [2.05, 4.69) is 0 Å². The molecule has 2 aliphatic rings. The summed E-state index contributed by atoms with van der Waals surface area (Å²) in [6.45, 7) is 0.828.